The van der Waals surface area contributed by atoms with Crippen molar-refractivity contribution in [1.29, 1.82) is 5.26 Å². The van der Waals surface area contributed by atoms with Crippen LogP contribution in [-0.2, 0) is 9.59 Å². The van der Waals surface area contributed by atoms with Gasteiger partial charge in [-0.1, -0.05) is 47.0 Å². The van der Waals surface area contributed by atoms with Gasteiger partial charge in [-0.2, -0.15) is 5.26 Å². The van der Waals surface area contributed by atoms with E-state index in [2.05, 4.69) is 10.6 Å². The highest BCUT2D eigenvalue weighted by molar-refractivity contribution is 6.32. The van der Waals surface area contributed by atoms with Crippen LogP contribution in [0.15, 0.2) is 54.1 Å². The van der Waals surface area contributed by atoms with Gasteiger partial charge in [0.05, 0.1) is 11.6 Å². The van der Waals surface area contributed by atoms with Crippen molar-refractivity contribution in [2.24, 2.45) is 0 Å². The second-order valence-electron chi connectivity index (χ2n) is 8.51. The molecule has 0 saturated heterocycles. The summed E-state index contributed by atoms with van der Waals surface area (Å²) >= 11 is 12.6. The molecule has 0 spiro atoms. The Kier molecular flexibility index (Phi) is 9.78. The molecule has 0 aliphatic heterocycles. The molecule has 0 aliphatic rings. The van der Waals surface area contributed by atoms with Crippen LogP contribution in [0.5, 0.6) is 11.5 Å². The number of hydrogen-bond acceptors (Lipinski definition) is 5. The van der Waals surface area contributed by atoms with Crippen LogP contribution in [0.4, 0.5) is 11.4 Å². The van der Waals surface area contributed by atoms with Crippen LogP contribution in [0.3, 0.4) is 0 Å². The molecular weight excluding hydrogens is 525 g/mol. The molecule has 0 bridgehead atoms. The van der Waals surface area contributed by atoms with Crippen LogP contribution in [0, 0.1) is 32.1 Å². The standard InChI is InChI=1S/C29H27Cl2N3O4/c1-5-37-26-13-20(11-21(15-32)29(36)34-25-9-6-17(2)10-19(25)4)12-24(31)28(26)38-16-27(35)33-22-8-7-18(3)23(30)14-22/h6-14H,5,16H2,1-4H3,(H,33,35)(H,34,36)/b21-11+. The highest BCUT2D eigenvalue weighted by Crippen LogP contribution is 2.37. The van der Waals surface area contributed by atoms with Crippen molar-refractivity contribution >= 4 is 52.5 Å². The van der Waals surface area contributed by atoms with Crippen LogP contribution < -0.4 is 20.1 Å². The Morgan fingerprint density at radius 3 is 2.37 bits per heavy atom. The molecule has 0 saturated carbocycles. The Morgan fingerprint density at radius 2 is 1.71 bits per heavy atom. The maximum absolute atomic E-state index is 12.8. The molecule has 0 aromatic heterocycles. The van der Waals surface area contributed by atoms with Crippen molar-refractivity contribution in [3.8, 4) is 17.6 Å². The van der Waals surface area contributed by atoms with E-state index in [1.54, 1.807) is 37.3 Å². The van der Waals surface area contributed by atoms with Gasteiger partial charge in [-0.05, 0) is 80.8 Å². The van der Waals surface area contributed by atoms with Crippen LogP contribution in [0.2, 0.25) is 10.0 Å². The predicted molar refractivity (Wildman–Crippen MR) is 151 cm³/mol. The fourth-order valence-electron chi connectivity index (χ4n) is 3.54. The molecule has 0 fully saturated rings. The zero-order valence-electron chi connectivity index (χ0n) is 21.4. The second kappa shape index (κ2) is 13.0. The number of amides is 2. The van der Waals surface area contributed by atoms with Gasteiger partial charge in [-0.15, -0.1) is 0 Å². The fourth-order valence-corrected chi connectivity index (χ4v) is 3.99. The summed E-state index contributed by atoms with van der Waals surface area (Å²) in [6.07, 6.45) is 1.41. The zero-order chi connectivity index (χ0) is 27.8. The van der Waals surface area contributed by atoms with Gasteiger partial charge >= 0.3 is 0 Å². The first-order valence-electron chi connectivity index (χ1n) is 11.8. The topological polar surface area (TPSA) is 100 Å². The summed E-state index contributed by atoms with van der Waals surface area (Å²) in [5, 5.41) is 15.8. The molecule has 0 unspecified atom stereocenters. The first-order chi connectivity index (χ1) is 18.1. The fraction of sp³-hybridized carbons (Fsp3) is 0.207. The van der Waals surface area contributed by atoms with Gasteiger partial charge in [-0.25, -0.2) is 0 Å². The lowest BCUT2D eigenvalue weighted by Gasteiger charge is -2.15. The van der Waals surface area contributed by atoms with Gasteiger partial charge in [-0.3, -0.25) is 9.59 Å². The third kappa shape index (κ3) is 7.51. The molecule has 0 heterocycles. The average molecular weight is 552 g/mol. The van der Waals surface area contributed by atoms with Gasteiger partial charge < -0.3 is 20.1 Å². The van der Waals surface area contributed by atoms with E-state index < -0.39 is 11.8 Å². The van der Waals surface area contributed by atoms with Crippen molar-refractivity contribution < 1.29 is 19.1 Å². The van der Waals surface area contributed by atoms with Gasteiger partial charge in [0, 0.05) is 16.4 Å². The summed E-state index contributed by atoms with van der Waals surface area (Å²) in [6.45, 7) is 7.45. The Bertz CT molecular complexity index is 1440. The molecule has 38 heavy (non-hydrogen) atoms. The predicted octanol–water partition coefficient (Wildman–Crippen LogP) is 6.88. The summed E-state index contributed by atoms with van der Waals surface area (Å²) in [6, 6.07) is 15.8. The van der Waals surface area contributed by atoms with E-state index in [0.29, 0.717) is 28.6 Å². The number of hydrogen-bond donors (Lipinski definition) is 2. The molecule has 0 atom stereocenters. The summed E-state index contributed by atoms with van der Waals surface area (Å²) in [4.78, 5) is 25.2. The van der Waals surface area contributed by atoms with Crippen LogP contribution >= 0.6 is 23.2 Å². The van der Waals surface area contributed by atoms with E-state index in [0.717, 1.165) is 16.7 Å². The Morgan fingerprint density at radius 1 is 0.947 bits per heavy atom. The van der Waals surface area contributed by atoms with E-state index in [1.165, 1.54) is 12.1 Å². The molecule has 3 aromatic rings. The third-order valence-electron chi connectivity index (χ3n) is 5.44. The number of anilines is 2. The normalized spacial score (nSPS) is 10.9. The van der Waals surface area contributed by atoms with E-state index in [9.17, 15) is 14.9 Å². The number of nitrogens with zero attached hydrogens (tertiary/aromatic N) is 1. The maximum atomic E-state index is 12.8. The van der Waals surface area contributed by atoms with Gasteiger partial charge in [0.15, 0.2) is 18.1 Å². The number of nitriles is 1. The summed E-state index contributed by atoms with van der Waals surface area (Å²) in [7, 11) is 0. The van der Waals surface area contributed by atoms with Crippen molar-refractivity contribution in [3.63, 3.8) is 0 Å². The average Bonchev–Trinajstić information content (AvgIpc) is 2.86. The van der Waals surface area contributed by atoms with Crippen LogP contribution in [-0.4, -0.2) is 25.0 Å². The number of ether oxygens (including phenoxy) is 2. The minimum absolute atomic E-state index is 0.117. The first-order valence-corrected chi connectivity index (χ1v) is 12.5. The molecule has 3 rings (SSSR count). The largest absolute Gasteiger partial charge is 0.490 e. The van der Waals surface area contributed by atoms with E-state index in [-0.39, 0.29) is 28.7 Å². The molecule has 9 heteroatoms. The number of nitrogens with one attached hydrogen (secondary N) is 2. The Labute approximate surface area is 232 Å². The molecule has 196 valence electrons. The SMILES string of the molecule is CCOc1cc(/C=C(\C#N)C(=O)Nc2ccc(C)cc2C)cc(Cl)c1OCC(=O)Nc1ccc(C)c(Cl)c1. The molecule has 2 N–H and O–H groups in total. The van der Waals surface area contributed by atoms with Crippen molar-refractivity contribution in [2.75, 3.05) is 23.8 Å². The smallest absolute Gasteiger partial charge is 0.266 e. The Balaban J connectivity index is 1.78. The lowest BCUT2D eigenvalue weighted by Crippen LogP contribution is -2.20. The Hall–Kier alpha value is -3.99. The van der Waals surface area contributed by atoms with Gasteiger partial charge in [0.1, 0.15) is 11.6 Å². The number of benzene rings is 3. The molecular formula is C29H27Cl2N3O4. The maximum Gasteiger partial charge on any atom is 0.266 e. The number of halogens is 2. The molecule has 3 aromatic carbocycles. The molecule has 2 amide bonds. The van der Waals surface area contributed by atoms with Crippen molar-refractivity contribution in [1.82, 2.24) is 0 Å². The minimum Gasteiger partial charge on any atom is -0.490 e. The highest BCUT2D eigenvalue weighted by atomic mass is 35.5. The van der Waals surface area contributed by atoms with Crippen LogP contribution in [0.1, 0.15) is 29.2 Å². The first kappa shape index (κ1) is 28.6. The number of aryl methyl sites for hydroxylation is 3. The summed E-state index contributed by atoms with van der Waals surface area (Å²) in [5.74, 6) is -0.533. The van der Waals surface area contributed by atoms with Crippen LogP contribution in [0.25, 0.3) is 6.08 Å². The highest BCUT2D eigenvalue weighted by Gasteiger charge is 2.16. The van der Waals surface area contributed by atoms with E-state index in [1.807, 2.05) is 39.0 Å². The third-order valence-corrected chi connectivity index (χ3v) is 6.13. The van der Waals surface area contributed by atoms with Gasteiger partial charge in [0.25, 0.3) is 11.8 Å². The molecule has 7 nitrogen and oxygen atoms in total. The molecule has 0 radical (unpaired) electrons. The van der Waals surface area contributed by atoms with Gasteiger partial charge in [0.2, 0.25) is 0 Å². The number of rotatable bonds is 9. The quantitative estimate of drug-likeness (QED) is 0.223. The summed E-state index contributed by atoms with van der Waals surface area (Å²) < 4.78 is 11.3. The minimum atomic E-state index is -0.554. The van der Waals surface area contributed by atoms with Crippen molar-refractivity contribution in [2.45, 2.75) is 27.7 Å². The lowest BCUT2D eigenvalue weighted by atomic mass is 10.1. The van der Waals surface area contributed by atoms with E-state index in [4.69, 9.17) is 32.7 Å². The monoisotopic (exact) mass is 551 g/mol. The van der Waals surface area contributed by atoms with E-state index >= 15 is 0 Å². The zero-order valence-corrected chi connectivity index (χ0v) is 23.0. The summed E-state index contributed by atoms with van der Waals surface area (Å²) in [5.41, 5.74) is 4.33. The second-order valence-corrected chi connectivity index (χ2v) is 9.32. The number of carbonyl (C=O) groups is 2. The lowest BCUT2D eigenvalue weighted by molar-refractivity contribution is -0.118. The molecule has 0 aliphatic carbocycles. The number of carbonyl (C=O) groups excluding carboxylic acids is 2. The van der Waals surface area contributed by atoms with Crippen molar-refractivity contribution in [3.05, 3.63) is 86.4 Å².